The topological polar surface area (TPSA) is 18.8 Å². The van der Waals surface area contributed by atoms with Gasteiger partial charge in [-0.3, -0.25) is 4.99 Å². The van der Waals surface area contributed by atoms with E-state index in [1.165, 1.54) is 115 Å². The summed E-state index contributed by atoms with van der Waals surface area (Å²) in [5.74, 6) is 5.12. The Hall–Kier alpha value is -0.730. The van der Waals surface area contributed by atoms with Crippen molar-refractivity contribution in [1.82, 2.24) is 9.80 Å². The molecule has 0 aromatic rings. The van der Waals surface area contributed by atoms with Gasteiger partial charge in [-0.25, -0.2) is 0 Å². The third-order valence-electron chi connectivity index (χ3n) is 10.2. The fraction of sp³-hybridized carbons (Fsp3) is 0.966. The van der Waals surface area contributed by atoms with Crippen LogP contribution in [0.1, 0.15) is 117 Å². The van der Waals surface area contributed by atoms with Crippen LogP contribution in [0.5, 0.6) is 0 Å². The molecule has 32 heavy (non-hydrogen) atoms. The molecule has 1 saturated heterocycles. The molecular formula is C29H51N3. The van der Waals surface area contributed by atoms with E-state index >= 15 is 0 Å². The summed E-state index contributed by atoms with van der Waals surface area (Å²) in [7, 11) is 0. The van der Waals surface area contributed by atoms with Crippen LogP contribution in [-0.4, -0.2) is 47.5 Å². The first-order chi connectivity index (χ1) is 15.5. The summed E-state index contributed by atoms with van der Waals surface area (Å²) in [4.78, 5) is 11.0. The number of hydrogen-bond acceptors (Lipinski definition) is 3. The average molecular weight is 442 g/mol. The second-order valence-electron chi connectivity index (χ2n) is 13.4. The lowest BCUT2D eigenvalue weighted by Crippen LogP contribution is -2.42. The molecule has 3 heteroatoms. The van der Waals surface area contributed by atoms with Crippen molar-refractivity contribution in [2.45, 2.75) is 129 Å². The number of guanidine groups is 1. The molecule has 0 bridgehead atoms. The van der Waals surface area contributed by atoms with Crippen molar-refractivity contribution < 1.29 is 0 Å². The Bertz CT molecular complexity index is 629. The standard InChI is InChI=1S/C29H51N3/c1-29(2,3)25-16-14-23(15-17-25)20-31-26(18-22-10-6-4-7-11-22)21-32-27(19-30-28(31)32)24-12-8-5-9-13-24/h22-27H,4-21H2,1-3H3/t23?,25?,26-,27-/m1/s1. The van der Waals surface area contributed by atoms with Crippen molar-refractivity contribution >= 4 is 5.96 Å². The van der Waals surface area contributed by atoms with Crippen LogP contribution in [0.2, 0.25) is 0 Å². The maximum Gasteiger partial charge on any atom is 0.197 e. The van der Waals surface area contributed by atoms with E-state index in [4.69, 9.17) is 4.99 Å². The van der Waals surface area contributed by atoms with Gasteiger partial charge in [0.2, 0.25) is 0 Å². The summed E-state index contributed by atoms with van der Waals surface area (Å²) in [6.45, 7) is 11.0. The van der Waals surface area contributed by atoms with Crippen LogP contribution in [-0.2, 0) is 0 Å². The number of aliphatic imine (C=N–C) groups is 1. The largest absolute Gasteiger partial charge is 0.338 e. The molecule has 0 N–H and O–H groups in total. The molecule has 2 heterocycles. The van der Waals surface area contributed by atoms with Gasteiger partial charge in [0.05, 0.1) is 12.6 Å². The van der Waals surface area contributed by atoms with Crippen LogP contribution in [0.25, 0.3) is 0 Å². The van der Waals surface area contributed by atoms with Crippen molar-refractivity contribution in [1.29, 1.82) is 0 Å². The lowest BCUT2D eigenvalue weighted by Gasteiger charge is -2.39. The summed E-state index contributed by atoms with van der Waals surface area (Å²) >= 11 is 0. The van der Waals surface area contributed by atoms with Crippen molar-refractivity contribution in [2.75, 3.05) is 19.6 Å². The molecule has 2 atom stereocenters. The predicted octanol–water partition coefficient (Wildman–Crippen LogP) is 7.11. The molecule has 0 amide bonds. The van der Waals surface area contributed by atoms with Crippen LogP contribution in [0.4, 0.5) is 0 Å². The molecule has 3 aliphatic carbocycles. The fourth-order valence-corrected chi connectivity index (χ4v) is 8.13. The lowest BCUT2D eigenvalue weighted by molar-refractivity contribution is 0.130. The molecular weight excluding hydrogens is 390 g/mol. The first-order valence-corrected chi connectivity index (χ1v) is 14.6. The first kappa shape index (κ1) is 23.0. The monoisotopic (exact) mass is 441 g/mol. The highest BCUT2D eigenvalue weighted by molar-refractivity contribution is 5.84. The zero-order valence-corrected chi connectivity index (χ0v) is 21.5. The van der Waals surface area contributed by atoms with Crippen LogP contribution >= 0.6 is 0 Å². The molecule has 0 aromatic carbocycles. The van der Waals surface area contributed by atoms with Crippen LogP contribution in [0, 0.1) is 29.1 Å². The molecule has 5 rings (SSSR count). The van der Waals surface area contributed by atoms with Crippen molar-refractivity contribution in [2.24, 2.45) is 34.1 Å². The van der Waals surface area contributed by atoms with E-state index in [2.05, 4.69) is 30.6 Å². The van der Waals surface area contributed by atoms with Gasteiger partial charge in [-0.15, -0.1) is 0 Å². The maximum absolute atomic E-state index is 5.27. The summed E-state index contributed by atoms with van der Waals surface area (Å²) in [6, 6.07) is 1.46. The zero-order valence-electron chi connectivity index (χ0n) is 21.5. The molecule has 0 aromatic heterocycles. The van der Waals surface area contributed by atoms with E-state index in [0.29, 0.717) is 5.41 Å². The number of fused-ring (bicyclic) bond motifs is 1. The Morgan fingerprint density at radius 1 is 0.781 bits per heavy atom. The molecule has 0 radical (unpaired) electrons. The highest BCUT2D eigenvalue weighted by Crippen LogP contribution is 2.42. The maximum atomic E-state index is 5.27. The van der Waals surface area contributed by atoms with Gasteiger partial charge in [-0.1, -0.05) is 72.1 Å². The van der Waals surface area contributed by atoms with Gasteiger partial charge in [0.25, 0.3) is 0 Å². The number of rotatable bonds is 5. The van der Waals surface area contributed by atoms with E-state index < -0.39 is 0 Å². The molecule has 182 valence electrons. The molecule has 0 spiro atoms. The summed E-state index contributed by atoms with van der Waals surface area (Å²) < 4.78 is 0. The van der Waals surface area contributed by atoms with Gasteiger partial charge in [0.1, 0.15) is 0 Å². The highest BCUT2D eigenvalue weighted by Gasteiger charge is 2.46. The minimum absolute atomic E-state index is 0.488. The molecule has 3 nitrogen and oxygen atoms in total. The van der Waals surface area contributed by atoms with E-state index in [9.17, 15) is 0 Å². The Morgan fingerprint density at radius 3 is 2.09 bits per heavy atom. The molecule has 2 aliphatic heterocycles. The van der Waals surface area contributed by atoms with Gasteiger partial charge in [-0.2, -0.15) is 0 Å². The quantitative estimate of drug-likeness (QED) is 0.452. The molecule has 5 aliphatic rings. The third kappa shape index (κ3) is 5.02. The lowest BCUT2D eigenvalue weighted by atomic mass is 9.70. The Morgan fingerprint density at radius 2 is 1.44 bits per heavy atom. The fourth-order valence-electron chi connectivity index (χ4n) is 8.13. The smallest absolute Gasteiger partial charge is 0.197 e. The average Bonchev–Trinajstić information content (AvgIpc) is 3.35. The predicted molar refractivity (Wildman–Crippen MR) is 136 cm³/mol. The number of nitrogens with zero attached hydrogens (tertiary/aromatic N) is 3. The summed E-state index contributed by atoms with van der Waals surface area (Å²) in [5, 5.41) is 0. The highest BCUT2D eigenvalue weighted by atomic mass is 15.5. The van der Waals surface area contributed by atoms with E-state index in [1.807, 2.05) is 0 Å². The summed E-state index contributed by atoms with van der Waals surface area (Å²) in [6.07, 6.45) is 21.9. The van der Waals surface area contributed by atoms with Crippen LogP contribution in [0.3, 0.4) is 0 Å². The van der Waals surface area contributed by atoms with E-state index in [0.717, 1.165) is 42.3 Å². The number of hydrogen-bond donors (Lipinski definition) is 0. The van der Waals surface area contributed by atoms with Crippen LogP contribution < -0.4 is 0 Å². The SMILES string of the molecule is CC(C)(C)C1CCC(CN2C3=NC[C@H](C4CCCCC4)N3C[C@H]2CC2CCCCC2)CC1. The summed E-state index contributed by atoms with van der Waals surface area (Å²) in [5.41, 5.74) is 0.488. The minimum atomic E-state index is 0.488. The van der Waals surface area contributed by atoms with Gasteiger partial charge < -0.3 is 9.80 Å². The molecule has 0 unspecified atom stereocenters. The van der Waals surface area contributed by atoms with Gasteiger partial charge in [0, 0.05) is 19.1 Å². The van der Waals surface area contributed by atoms with Gasteiger partial charge in [-0.05, 0) is 74.0 Å². The second kappa shape index (κ2) is 9.87. The Labute approximate surface area is 198 Å². The zero-order chi connectivity index (χ0) is 22.1. The second-order valence-corrected chi connectivity index (χ2v) is 13.4. The third-order valence-corrected chi connectivity index (χ3v) is 10.2. The minimum Gasteiger partial charge on any atom is -0.338 e. The first-order valence-electron chi connectivity index (χ1n) is 14.6. The normalized spacial score (nSPS) is 35.3. The van der Waals surface area contributed by atoms with Crippen LogP contribution in [0.15, 0.2) is 4.99 Å². The van der Waals surface area contributed by atoms with Gasteiger partial charge >= 0.3 is 0 Å². The van der Waals surface area contributed by atoms with Crippen molar-refractivity contribution in [3.05, 3.63) is 0 Å². The Balaban J connectivity index is 1.26. The van der Waals surface area contributed by atoms with Gasteiger partial charge in [0.15, 0.2) is 5.96 Å². The molecule has 3 saturated carbocycles. The van der Waals surface area contributed by atoms with E-state index in [1.54, 1.807) is 0 Å². The molecule has 4 fully saturated rings. The Kier molecular flexibility index (Phi) is 7.10. The van der Waals surface area contributed by atoms with Crippen molar-refractivity contribution in [3.63, 3.8) is 0 Å². The van der Waals surface area contributed by atoms with E-state index in [-0.39, 0.29) is 0 Å². The van der Waals surface area contributed by atoms with Crippen molar-refractivity contribution in [3.8, 4) is 0 Å².